The van der Waals surface area contributed by atoms with E-state index in [1.165, 1.54) is 16.6 Å². The van der Waals surface area contributed by atoms with Crippen LogP contribution in [0.4, 0.5) is 0 Å². The smallest absolute Gasteiger partial charge is 0.243 e. The molecule has 1 unspecified atom stereocenters. The number of nitrogens with one attached hydrogen (secondary N) is 2. The van der Waals surface area contributed by atoms with Gasteiger partial charge >= 0.3 is 0 Å². The van der Waals surface area contributed by atoms with Crippen molar-refractivity contribution in [2.75, 3.05) is 60.7 Å². The van der Waals surface area contributed by atoms with E-state index in [1.54, 1.807) is 13.3 Å². The van der Waals surface area contributed by atoms with Crippen LogP contribution in [0.2, 0.25) is 0 Å². The number of rotatable bonds is 13. The second-order valence-electron chi connectivity index (χ2n) is 10.4. The van der Waals surface area contributed by atoms with Gasteiger partial charge in [-0.05, 0) is 44.7 Å². The number of ether oxygens (including phenoxy) is 2. The first-order valence-corrected chi connectivity index (χ1v) is 15.1. The van der Waals surface area contributed by atoms with Crippen molar-refractivity contribution in [3.8, 4) is 5.88 Å². The number of likely N-dealkylation sites (N-methyl/N-ethyl adjacent to an activating group) is 2. The van der Waals surface area contributed by atoms with Crippen LogP contribution in [-0.4, -0.2) is 116 Å². The highest BCUT2D eigenvalue weighted by molar-refractivity contribution is 7.88. The molecule has 12 nitrogen and oxygen atoms in total. The summed E-state index contributed by atoms with van der Waals surface area (Å²) >= 11 is 0. The molecule has 4 rings (SSSR count). The van der Waals surface area contributed by atoms with Gasteiger partial charge in [-0.3, -0.25) is 4.79 Å². The fourth-order valence-corrected chi connectivity index (χ4v) is 5.63. The van der Waals surface area contributed by atoms with Gasteiger partial charge in [0.25, 0.3) is 0 Å². The quantitative estimate of drug-likeness (QED) is 0.340. The van der Waals surface area contributed by atoms with Gasteiger partial charge in [-0.2, -0.15) is 9.29 Å². The lowest BCUT2D eigenvalue weighted by Crippen LogP contribution is -2.55. The molecular formula is C27H39N7O5S. The molecule has 2 aromatic heterocycles. The average molecular weight is 574 g/mol. The molecule has 1 aliphatic carbocycles. The van der Waals surface area contributed by atoms with Crippen LogP contribution in [0.15, 0.2) is 48.0 Å². The van der Waals surface area contributed by atoms with E-state index in [9.17, 15) is 13.2 Å². The lowest BCUT2D eigenvalue weighted by atomic mass is 9.92. The Bertz CT molecular complexity index is 1410. The standard InChI is InChI=1S/C27H39N7O5S/c1-7-25(35)29-21-14-18(23(38-5)15-22(21)33(4)13-12-32(2)3)8-9-24-30-26-20(10-11-28-26)27(31-24)39-19-16-34(17-19)40(6,36)37/h7,10-11,15,19,21H,1,8-9,12-14,16-17H2,2-6H3,(H,29,35)(H,28,30,31). The minimum absolute atomic E-state index is 0.228. The Labute approximate surface area is 235 Å². The van der Waals surface area contributed by atoms with Crippen LogP contribution in [0.3, 0.4) is 0 Å². The molecular weight excluding hydrogens is 534 g/mol. The molecule has 2 N–H and O–H groups in total. The summed E-state index contributed by atoms with van der Waals surface area (Å²) in [6.45, 7) is 5.85. The summed E-state index contributed by atoms with van der Waals surface area (Å²) in [5.41, 5.74) is 2.67. The third-order valence-corrected chi connectivity index (χ3v) is 8.36. The first-order valence-electron chi connectivity index (χ1n) is 13.2. The molecule has 2 aromatic rings. The molecule has 3 heterocycles. The number of aryl methyl sites for hydroxylation is 1. The third kappa shape index (κ3) is 7.01. The van der Waals surface area contributed by atoms with Crippen LogP contribution in [0.1, 0.15) is 18.7 Å². The van der Waals surface area contributed by atoms with Gasteiger partial charge in [0.2, 0.25) is 21.8 Å². The zero-order valence-electron chi connectivity index (χ0n) is 23.8. The molecule has 1 fully saturated rings. The number of aromatic nitrogens is 3. The SMILES string of the molecule is C=CC(=O)NC1CC(CCc2nc(OC3CN(S(C)(=O)=O)C3)c3cc[nH]c3n2)=C(OC)C=C1N(C)CCN(C)C. The summed E-state index contributed by atoms with van der Waals surface area (Å²) in [5.74, 6) is 1.56. The van der Waals surface area contributed by atoms with Crippen molar-refractivity contribution in [2.24, 2.45) is 0 Å². The van der Waals surface area contributed by atoms with E-state index in [0.717, 1.165) is 35.5 Å². The van der Waals surface area contributed by atoms with Crippen molar-refractivity contribution in [2.45, 2.75) is 31.4 Å². The molecule has 218 valence electrons. The Hall–Kier alpha value is -3.42. The highest BCUT2D eigenvalue weighted by Crippen LogP contribution is 2.31. The zero-order valence-corrected chi connectivity index (χ0v) is 24.6. The summed E-state index contributed by atoms with van der Waals surface area (Å²) in [7, 11) is 4.48. The Morgan fingerprint density at radius 1 is 1.25 bits per heavy atom. The summed E-state index contributed by atoms with van der Waals surface area (Å²) < 4.78 is 36.7. The van der Waals surface area contributed by atoms with Gasteiger partial charge in [0.05, 0.1) is 37.9 Å². The van der Waals surface area contributed by atoms with Gasteiger partial charge in [-0.1, -0.05) is 6.58 Å². The monoisotopic (exact) mass is 573 g/mol. The number of allylic oxidation sites excluding steroid dienone is 1. The molecule has 0 radical (unpaired) electrons. The molecule has 1 atom stereocenters. The van der Waals surface area contributed by atoms with Gasteiger partial charge in [-0.25, -0.2) is 13.4 Å². The van der Waals surface area contributed by atoms with Crippen molar-refractivity contribution < 1.29 is 22.7 Å². The lowest BCUT2D eigenvalue weighted by Gasteiger charge is -2.36. The van der Waals surface area contributed by atoms with E-state index < -0.39 is 10.0 Å². The summed E-state index contributed by atoms with van der Waals surface area (Å²) in [6, 6.07) is 1.62. The zero-order chi connectivity index (χ0) is 29.0. The van der Waals surface area contributed by atoms with Gasteiger partial charge in [0, 0.05) is 44.5 Å². The molecule has 0 bridgehead atoms. The number of carbonyl (C=O) groups is 1. The summed E-state index contributed by atoms with van der Waals surface area (Å²) in [4.78, 5) is 29.0. The van der Waals surface area contributed by atoms with E-state index in [-0.39, 0.29) is 18.1 Å². The number of fused-ring (bicyclic) bond motifs is 1. The number of H-pyrrole nitrogens is 1. The molecule has 13 heteroatoms. The lowest BCUT2D eigenvalue weighted by molar-refractivity contribution is -0.117. The summed E-state index contributed by atoms with van der Waals surface area (Å²) in [6.07, 6.45) is 7.70. The van der Waals surface area contributed by atoms with Crippen molar-refractivity contribution in [1.82, 2.24) is 34.4 Å². The highest BCUT2D eigenvalue weighted by atomic mass is 32.2. The Kier molecular flexibility index (Phi) is 9.16. The molecule has 40 heavy (non-hydrogen) atoms. The second kappa shape index (κ2) is 12.4. The van der Waals surface area contributed by atoms with Crippen molar-refractivity contribution in [3.05, 3.63) is 53.8 Å². The van der Waals surface area contributed by atoms with Crippen LogP contribution in [0.5, 0.6) is 5.88 Å². The Morgan fingerprint density at radius 3 is 2.65 bits per heavy atom. The average Bonchev–Trinajstić information content (AvgIpc) is 3.35. The minimum atomic E-state index is -3.23. The predicted octanol–water partition coefficient (Wildman–Crippen LogP) is 1.27. The number of carbonyl (C=O) groups excluding carboxylic acids is 1. The predicted molar refractivity (Wildman–Crippen MR) is 153 cm³/mol. The topological polar surface area (TPSA) is 133 Å². The van der Waals surface area contributed by atoms with Crippen molar-refractivity contribution in [3.63, 3.8) is 0 Å². The second-order valence-corrected chi connectivity index (χ2v) is 12.4. The number of methoxy groups -OCH3 is 1. The van der Waals surface area contributed by atoms with Crippen LogP contribution >= 0.6 is 0 Å². The van der Waals surface area contributed by atoms with Crippen molar-refractivity contribution >= 4 is 27.0 Å². The molecule has 2 aliphatic rings. The number of aromatic amines is 1. The van der Waals surface area contributed by atoms with E-state index in [0.29, 0.717) is 49.7 Å². The molecule has 0 saturated carbocycles. The number of hydrogen-bond acceptors (Lipinski definition) is 9. The van der Waals surface area contributed by atoms with Gasteiger partial charge < -0.3 is 29.6 Å². The molecule has 1 saturated heterocycles. The molecule has 0 aromatic carbocycles. The van der Waals surface area contributed by atoms with E-state index in [4.69, 9.17) is 9.47 Å². The largest absolute Gasteiger partial charge is 0.497 e. The van der Waals surface area contributed by atoms with Gasteiger partial charge in [0.15, 0.2) is 0 Å². The van der Waals surface area contributed by atoms with Crippen LogP contribution in [-0.2, 0) is 26.0 Å². The number of nitrogens with zero attached hydrogens (tertiary/aromatic N) is 5. The fourth-order valence-electron chi connectivity index (χ4n) is 4.75. The number of amides is 1. The minimum Gasteiger partial charge on any atom is -0.497 e. The maximum atomic E-state index is 12.3. The first kappa shape index (κ1) is 29.6. The van der Waals surface area contributed by atoms with Crippen molar-refractivity contribution in [1.29, 1.82) is 0 Å². The Balaban J connectivity index is 1.53. The third-order valence-electron chi connectivity index (χ3n) is 7.12. The number of hydrogen-bond donors (Lipinski definition) is 2. The molecule has 0 spiro atoms. The summed E-state index contributed by atoms with van der Waals surface area (Å²) in [5, 5.41) is 3.81. The van der Waals surface area contributed by atoms with Gasteiger partial charge in [-0.15, -0.1) is 0 Å². The first-order chi connectivity index (χ1) is 19.0. The maximum Gasteiger partial charge on any atom is 0.243 e. The fraction of sp³-hybridized carbons (Fsp3) is 0.519. The highest BCUT2D eigenvalue weighted by Gasteiger charge is 2.35. The Morgan fingerprint density at radius 2 is 2.00 bits per heavy atom. The van der Waals surface area contributed by atoms with Crippen LogP contribution < -0.4 is 10.1 Å². The maximum absolute atomic E-state index is 12.3. The van der Waals surface area contributed by atoms with Crippen LogP contribution in [0.25, 0.3) is 11.0 Å². The van der Waals surface area contributed by atoms with E-state index >= 15 is 0 Å². The van der Waals surface area contributed by atoms with Crippen LogP contribution in [0, 0.1) is 0 Å². The molecule has 1 amide bonds. The van der Waals surface area contributed by atoms with E-state index in [1.807, 2.05) is 33.3 Å². The van der Waals surface area contributed by atoms with Gasteiger partial charge in [0.1, 0.15) is 23.3 Å². The number of sulfonamides is 1. The molecule has 1 aliphatic heterocycles. The van der Waals surface area contributed by atoms with E-state index in [2.05, 4.69) is 36.6 Å². The normalized spacial score (nSPS) is 18.4.